The Bertz CT molecular complexity index is 1170. The van der Waals surface area contributed by atoms with Crippen LogP contribution in [-0.2, 0) is 28.2 Å². The minimum atomic E-state index is -1.13. The van der Waals surface area contributed by atoms with Gasteiger partial charge in [-0.15, -0.1) is 0 Å². The van der Waals surface area contributed by atoms with Crippen LogP contribution >= 0.6 is 15.9 Å². The normalized spacial score (nSPS) is 15.9. The first kappa shape index (κ1) is 26.8. The van der Waals surface area contributed by atoms with E-state index in [1.807, 2.05) is 29.1 Å². The van der Waals surface area contributed by atoms with Crippen LogP contribution in [0, 0.1) is 0 Å². The number of benzene rings is 2. The highest BCUT2D eigenvalue weighted by atomic mass is 79.9. The number of piperidine rings is 1. The van der Waals surface area contributed by atoms with Crippen molar-refractivity contribution in [2.75, 3.05) is 26.3 Å². The number of aromatic nitrogens is 2. The summed E-state index contributed by atoms with van der Waals surface area (Å²) in [6, 6.07) is 15.6. The number of hydrogen-bond donors (Lipinski definition) is 1. The first-order chi connectivity index (χ1) is 17.2. The average Bonchev–Trinajstić information content (AvgIpc) is 3.25. The zero-order valence-corrected chi connectivity index (χ0v) is 24.0. The third kappa shape index (κ3) is 6.56. The lowest BCUT2D eigenvalue weighted by Crippen LogP contribution is -2.47. The van der Waals surface area contributed by atoms with E-state index in [9.17, 15) is 9.90 Å². The molecule has 2 aromatic carbocycles. The first-order valence-corrected chi connectivity index (χ1v) is 17.0. The Morgan fingerprint density at radius 2 is 1.86 bits per heavy atom. The van der Waals surface area contributed by atoms with E-state index >= 15 is 0 Å². The van der Waals surface area contributed by atoms with E-state index in [4.69, 9.17) is 9.47 Å². The van der Waals surface area contributed by atoms with Gasteiger partial charge in [0, 0.05) is 43.2 Å². The van der Waals surface area contributed by atoms with Crippen LogP contribution in [0.4, 0.5) is 4.79 Å². The monoisotopic (exact) mass is 573 g/mol. The number of imidazole rings is 1. The third-order valence-corrected chi connectivity index (χ3v) is 9.17. The van der Waals surface area contributed by atoms with Crippen molar-refractivity contribution >= 4 is 41.1 Å². The molecule has 194 valence electrons. The molecule has 1 aliphatic heterocycles. The van der Waals surface area contributed by atoms with Crippen LogP contribution in [0.25, 0.3) is 11.0 Å². The Kier molecular flexibility index (Phi) is 8.54. The highest BCUT2D eigenvalue weighted by Crippen LogP contribution is 2.36. The minimum absolute atomic E-state index is 0.206. The summed E-state index contributed by atoms with van der Waals surface area (Å²) in [5, 5.41) is 9.41. The number of ether oxygens (including phenoxy) is 2. The van der Waals surface area contributed by atoms with E-state index in [2.05, 4.69) is 64.8 Å². The molecule has 0 radical (unpaired) electrons. The molecule has 2 heterocycles. The molecule has 1 amide bonds. The van der Waals surface area contributed by atoms with Crippen LogP contribution in [0.15, 0.2) is 53.3 Å². The largest absolute Gasteiger partial charge is 0.465 e. The Morgan fingerprint density at radius 1 is 1.14 bits per heavy atom. The zero-order valence-electron chi connectivity index (χ0n) is 21.4. The Hall–Kier alpha value is -2.20. The van der Waals surface area contributed by atoms with Gasteiger partial charge in [-0.2, -0.15) is 0 Å². The van der Waals surface area contributed by atoms with E-state index in [1.165, 1.54) is 10.5 Å². The fourth-order valence-electron chi connectivity index (χ4n) is 4.74. The van der Waals surface area contributed by atoms with Crippen molar-refractivity contribution in [3.05, 3.63) is 64.4 Å². The summed E-state index contributed by atoms with van der Waals surface area (Å²) in [7, 11) is -1.13. The molecule has 36 heavy (non-hydrogen) atoms. The second kappa shape index (κ2) is 11.5. The molecule has 1 aromatic heterocycles. The molecule has 0 saturated carbocycles. The molecular formula is C27H36BrN3O4Si. The number of carboxylic acid groups (broad SMARTS) is 1. The molecule has 7 nitrogen and oxygen atoms in total. The maximum absolute atomic E-state index is 11.5. The van der Waals surface area contributed by atoms with Crippen molar-refractivity contribution in [2.24, 2.45) is 0 Å². The van der Waals surface area contributed by atoms with Crippen LogP contribution in [0.1, 0.15) is 24.0 Å². The van der Waals surface area contributed by atoms with Crippen LogP contribution < -0.4 is 0 Å². The number of amides is 1. The number of nitrogens with zero attached hydrogens (tertiary/aromatic N) is 3. The summed E-state index contributed by atoms with van der Waals surface area (Å²) in [5.41, 5.74) is 3.95. The van der Waals surface area contributed by atoms with Crippen molar-refractivity contribution < 1.29 is 19.4 Å². The van der Waals surface area contributed by atoms with E-state index in [1.54, 1.807) is 0 Å². The van der Waals surface area contributed by atoms with Gasteiger partial charge in [-0.05, 0) is 36.6 Å². The maximum atomic E-state index is 11.5. The lowest BCUT2D eigenvalue weighted by molar-refractivity contribution is 0.0372. The van der Waals surface area contributed by atoms with Crippen molar-refractivity contribution in [3.8, 4) is 0 Å². The lowest BCUT2D eigenvalue weighted by Gasteiger charge is -2.41. The van der Waals surface area contributed by atoms with Gasteiger partial charge in [0.1, 0.15) is 6.73 Å². The predicted molar refractivity (Wildman–Crippen MR) is 148 cm³/mol. The van der Waals surface area contributed by atoms with E-state index in [-0.39, 0.29) is 5.41 Å². The minimum Gasteiger partial charge on any atom is -0.465 e. The zero-order chi connectivity index (χ0) is 25.8. The molecule has 1 fully saturated rings. The summed E-state index contributed by atoms with van der Waals surface area (Å²) in [6.07, 6.45) is 2.46. The number of rotatable bonds is 10. The summed E-state index contributed by atoms with van der Waals surface area (Å²) in [5.74, 6) is 0. The molecule has 0 atom stereocenters. The molecule has 3 aromatic rings. The van der Waals surface area contributed by atoms with Gasteiger partial charge in [0.2, 0.25) is 0 Å². The highest BCUT2D eigenvalue weighted by Gasteiger charge is 2.37. The molecule has 1 aliphatic rings. The molecule has 0 unspecified atom stereocenters. The van der Waals surface area contributed by atoms with Crippen molar-refractivity contribution in [1.82, 2.24) is 14.5 Å². The fourth-order valence-corrected chi connectivity index (χ4v) is 5.99. The standard InChI is InChI=1S/C27H36BrN3O4Si/c1-36(2,3)14-13-34-20-31-19-29-25-21(15-23(28)16-24(25)31)17-35-18-27(22-7-5-4-6-8-22)9-11-30(12-10-27)26(32)33/h4-8,15-16,19H,9-14,17-18,20H2,1-3H3,(H,32,33). The van der Waals surface area contributed by atoms with Crippen molar-refractivity contribution in [3.63, 3.8) is 0 Å². The highest BCUT2D eigenvalue weighted by molar-refractivity contribution is 9.10. The molecular weight excluding hydrogens is 538 g/mol. The van der Waals surface area contributed by atoms with Gasteiger partial charge in [-0.25, -0.2) is 9.78 Å². The third-order valence-electron chi connectivity index (χ3n) is 7.01. The summed E-state index contributed by atoms with van der Waals surface area (Å²) in [6.45, 7) is 10.3. The van der Waals surface area contributed by atoms with Gasteiger partial charge < -0.3 is 24.0 Å². The van der Waals surface area contributed by atoms with Crippen molar-refractivity contribution in [1.29, 1.82) is 0 Å². The van der Waals surface area contributed by atoms with Gasteiger partial charge in [0.25, 0.3) is 0 Å². The molecule has 0 bridgehead atoms. The SMILES string of the molecule is C[Si](C)(C)CCOCn1cnc2c(COCC3(c4ccccc4)CCN(C(=O)O)CC3)cc(Br)cc21. The molecule has 0 spiro atoms. The number of halogens is 1. The maximum Gasteiger partial charge on any atom is 0.407 e. The van der Waals surface area contributed by atoms with Crippen molar-refractivity contribution in [2.45, 2.75) is 57.3 Å². The predicted octanol–water partition coefficient (Wildman–Crippen LogP) is 6.34. The molecule has 9 heteroatoms. The first-order valence-electron chi connectivity index (χ1n) is 12.5. The molecule has 0 aliphatic carbocycles. The van der Waals surface area contributed by atoms with E-state index in [0.29, 0.717) is 33.0 Å². The van der Waals surface area contributed by atoms with E-state index < -0.39 is 14.2 Å². The second-order valence-electron chi connectivity index (χ2n) is 10.9. The summed E-state index contributed by atoms with van der Waals surface area (Å²) >= 11 is 3.65. The van der Waals surface area contributed by atoms with Crippen LogP contribution in [0.5, 0.6) is 0 Å². The van der Waals surface area contributed by atoms with Gasteiger partial charge in [0.05, 0.1) is 30.6 Å². The number of carbonyl (C=O) groups is 1. The second-order valence-corrected chi connectivity index (χ2v) is 17.4. The van der Waals surface area contributed by atoms with Gasteiger partial charge in [-0.3, -0.25) is 0 Å². The van der Waals surface area contributed by atoms with Gasteiger partial charge in [-0.1, -0.05) is 65.9 Å². The topological polar surface area (TPSA) is 76.8 Å². The Balaban J connectivity index is 1.45. The van der Waals surface area contributed by atoms with E-state index in [0.717, 1.165) is 46.6 Å². The Morgan fingerprint density at radius 3 is 2.53 bits per heavy atom. The molecule has 1 N–H and O–H groups in total. The number of hydrogen-bond acceptors (Lipinski definition) is 4. The molecule has 1 saturated heterocycles. The van der Waals surface area contributed by atoms with Gasteiger partial charge >= 0.3 is 6.09 Å². The average molecular weight is 575 g/mol. The quantitative estimate of drug-likeness (QED) is 0.226. The number of fused-ring (bicyclic) bond motifs is 1. The van der Waals surface area contributed by atoms with Crippen LogP contribution in [0.3, 0.4) is 0 Å². The Labute approximate surface area is 222 Å². The summed E-state index contributed by atoms with van der Waals surface area (Å²) < 4.78 is 15.3. The van der Waals surface area contributed by atoms with Crippen LogP contribution in [0.2, 0.25) is 25.7 Å². The number of likely N-dealkylation sites (tertiary alicyclic amines) is 1. The van der Waals surface area contributed by atoms with Crippen LogP contribution in [-0.4, -0.2) is 60.0 Å². The van der Waals surface area contributed by atoms with Gasteiger partial charge in [0.15, 0.2) is 0 Å². The summed E-state index contributed by atoms with van der Waals surface area (Å²) in [4.78, 5) is 17.6. The fraction of sp³-hybridized carbons (Fsp3) is 0.481. The lowest BCUT2D eigenvalue weighted by atomic mass is 9.73. The smallest absolute Gasteiger partial charge is 0.407 e. The molecule has 4 rings (SSSR count).